The highest BCUT2D eigenvalue weighted by atomic mass is 35.5. The molecule has 0 saturated carbocycles. The molecule has 160 valence electrons. The van der Waals surface area contributed by atoms with Crippen molar-refractivity contribution in [2.24, 2.45) is 11.3 Å². The first-order valence-electron chi connectivity index (χ1n) is 9.73. The molecule has 2 saturated heterocycles. The minimum atomic E-state index is -3.64. The number of hydrogen-bond donors (Lipinski definition) is 3. The Hall–Kier alpha value is -1.16. The Balaban J connectivity index is 0.00000280. The van der Waals surface area contributed by atoms with Crippen molar-refractivity contribution in [3.05, 3.63) is 11.4 Å². The lowest BCUT2D eigenvalue weighted by Crippen LogP contribution is -2.48. The normalized spacial score (nSPS) is 23.0. The second-order valence-electron chi connectivity index (χ2n) is 8.24. The molecule has 2 aliphatic heterocycles. The SMILES string of the molecule is Cc1n[nH]c(C)c1S(=O)(=O)N1CCCC(C(=O)NCC2(C)CCNCC2)C1.Cl. The van der Waals surface area contributed by atoms with E-state index in [0.717, 1.165) is 32.4 Å². The summed E-state index contributed by atoms with van der Waals surface area (Å²) < 4.78 is 27.5. The average molecular weight is 434 g/mol. The van der Waals surface area contributed by atoms with Gasteiger partial charge >= 0.3 is 0 Å². The van der Waals surface area contributed by atoms with Crippen LogP contribution in [0.4, 0.5) is 0 Å². The van der Waals surface area contributed by atoms with E-state index in [1.807, 2.05) is 0 Å². The third-order valence-electron chi connectivity index (χ3n) is 5.91. The van der Waals surface area contributed by atoms with E-state index >= 15 is 0 Å². The molecule has 3 rings (SSSR count). The van der Waals surface area contributed by atoms with Crippen molar-refractivity contribution in [2.75, 3.05) is 32.7 Å². The van der Waals surface area contributed by atoms with Gasteiger partial charge in [-0.2, -0.15) is 9.40 Å². The summed E-state index contributed by atoms with van der Waals surface area (Å²) in [5.74, 6) is -0.332. The molecule has 1 atom stereocenters. The fourth-order valence-electron chi connectivity index (χ4n) is 4.08. The Labute approximate surface area is 173 Å². The van der Waals surface area contributed by atoms with Crippen LogP contribution in [0.25, 0.3) is 0 Å². The summed E-state index contributed by atoms with van der Waals surface area (Å²) in [7, 11) is -3.64. The number of amides is 1. The number of aromatic nitrogens is 2. The number of halogens is 1. The minimum Gasteiger partial charge on any atom is -0.355 e. The Morgan fingerprint density at radius 2 is 2.00 bits per heavy atom. The number of sulfonamides is 1. The van der Waals surface area contributed by atoms with Gasteiger partial charge < -0.3 is 10.6 Å². The van der Waals surface area contributed by atoms with Crippen LogP contribution in [0.5, 0.6) is 0 Å². The Morgan fingerprint density at radius 1 is 1.32 bits per heavy atom. The van der Waals surface area contributed by atoms with E-state index in [4.69, 9.17) is 0 Å². The number of carbonyl (C=O) groups excluding carboxylic acids is 1. The molecule has 1 aromatic heterocycles. The zero-order valence-electron chi connectivity index (χ0n) is 16.9. The molecule has 3 N–H and O–H groups in total. The van der Waals surface area contributed by atoms with E-state index in [-0.39, 0.29) is 41.1 Å². The van der Waals surface area contributed by atoms with Crippen LogP contribution >= 0.6 is 12.4 Å². The summed E-state index contributed by atoms with van der Waals surface area (Å²) in [5.41, 5.74) is 1.13. The predicted molar refractivity (Wildman–Crippen MR) is 110 cm³/mol. The number of aromatic amines is 1. The molecule has 0 spiro atoms. The summed E-state index contributed by atoms with van der Waals surface area (Å²) in [6.07, 6.45) is 3.49. The highest BCUT2D eigenvalue weighted by Gasteiger charge is 2.36. The quantitative estimate of drug-likeness (QED) is 0.649. The molecule has 3 heterocycles. The maximum Gasteiger partial charge on any atom is 0.246 e. The van der Waals surface area contributed by atoms with Gasteiger partial charge in [0.2, 0.25) is 15.9 Å². The zero-order chi connectivity index (χ0) is 19.7. The summed E-state index contributed by atoms with van der Waals surface area (Å²) in [4.78, 5) is 13.0. The van der Waals surface area contributed by atoms with Gasteiger partial charge in [0.15, 0.2) is 0 Å². The third-order valence-corrected chi connectivity index (χ3v) is 8.04. The molecule has 8 nitrogen and oxygen atoms in total. The lowest BCUT2D eigenvalue weighted by molar-refractivity contribution is -0.126. The van der Waals surface area contributed by atoms with Gasteiger partial charge in [0, 0.05) is 19.6 Å². The smallest absolute Gasteiger partial charge is 0.246 e. The van der Waals surface area contributed by atoms with Gasteiger partial charge in [-0.25, -0.2) is 8.42 Å². The topological polar surface area (TPSA) is 107 Å². The first-order valence-corrected chi connectivity index (χ1v) is 11.2. The van der Waals surface area contributed by atoms with Crippen LogP contribution in [-0.4, -0.2) is 61.6 Å². The maximum absolute atomic E-state index is 13.0. The molecule has 2 fully saturated rings. The fraction of sp³-hybridized carbons (Fsp3) is 0.778. The molecule has 2 aliphatic rings. The molecule has 0 aromatic carbocycles. The number of nitrogens with zero attached hydrogens (tertiary/aromatic N) is 2. The van der Waals surface area contributed by atoms with Crippen molar-refractivity contribution in [3.63, 3.8) is 0 Å². The average Bonchev–Trinajstić information content (AvgIpc) is 2.99. The zero-order valence-corrected chi connectivity index (χ0v) is 18.5. The molecule has 1 amide bonds. The number of aryl methyl sites for hydroxylation is 2. The Morgan fingerprint density at radius 3 is 2.61 bits per heavy atom. The van der Waals surface area contributed by atoms with Crippen molar-refractivity contribution in [2.45, 2.75) is 51.3 Å². The van der Waals surface area contributed by atoms with Crippen molar-refractivity contribution in [3.8, 4) is 0 Å². The summed E-state index contributed by atoms with van der Waals surface area (Å²) in [6, 6.07) is 0. The van der Waals surface area contributed by atoms with Gasteiger partial charge in [0.05, 0.1) is 17.3 Å². The van der Waals surface area contributed by atoms with Crippen molar-refractivity contribution in [1.82, 2.24) is 25.1 Å². The van der Waals surface area contributed by atoms with Crippen LogP contribution in [0, 0.1) is 25.2 Å². The first kappa shape index (κ1) is 23.1. The number of nitrogens with one attached hydrogen (secondary N) is 3. The van der Waals surface area contributed by atoms with Crippen LogP contribution in [-0.2, 0) is 14.8 Å². The van der Waals surface area contributed by atoms with Crippen LogP contribution < -0.4 is 10.6 Å². The molecular weight excluding hydrogens is 402 g/mol. The van der Waals surface area contributed by atoms with Gasteiger partial charge in [-0.05, 0) is 58.0 Å². The molecule has 1 unspecified atom stereocenters. The van der Waals surface area contributed by atoms with Crippen molar-refractivity contribution in [1.29, 1.82) is 0 Å². The van der Waals surface area contributed by atoms with Crippen LogP contribution in [0.2, 0.25) is 0 Å². The second kappa shape index (κ2) is 9.11. The lowest BCUT2D eigenvalue weighted by atomic mass is 9.81. The number of carbonyl (C=O) groups is 1. The number of piperidine rings is 2. The van der Waals surface area contributed by atoms with Gasteiger partial charge in [0.1, 0.15) is 4.90 Å². The monoisotopic (exact) mass is 433 g/mol. The maximum atomic E-state index is 13.0. The highest BCUT2D eigenvalue weighted by Crippen LogP contribution is 2.29. The lowest BCUT2D eigenvalue weighted by Gasteiger charge is -2.35. The van der Waals surface area contributed by atoms with E-state index in [1.165, 1.54) is 4.31 Å². The largest absolute Gasteiger partial charge is 0.355 e. The van der Waals surface area contributed by atoms with E-state index < -0.39 is 10.0 Å². The minimum absolute atomic E-state index is 0. The first-order chi connectivity index (χ1) is 12.7. The van der Waals surface area contributed by atoms with Crippen LogP contribution in [0.3, 0.4) is 0 Å². The van der Waals surface area contributed by atoms with Gasteiger partial charge in [-0.3, -0.25) is 9.89 Å². The molecule has 0 radical (unpaired) electrons. The number of rotatable bonds is 5. The van der Waals surface area contributed by atoms with Crippen molar-refractivity contribution >= 4 is 28.3 Å². The summed E-state index contributed by atoms with van der Waals surface area (Å²) in [6.45, 7) is 8.88. The van der Waals surface area contributed by atoms with Crippen molar-refractivity contribution < 1.29 is 13.2 Å². The van der Waals surface area contributed by atoms with Gasteiger partial charge in [-0.15, -0.1) is 12.4 Å². The summed E-state index contributed by atoms with van der Waals surface area (Å²) >= 11 is 0. The number of hydrogen-bond acceptors (Lipinski definition) is 5. The van der Waals surface area contributed by atoms with Crippen LogP contribution in [0.15, 0.2) is 4.90 Å². The predicted octanol–water partition coefficient (Wildman–Crippen LogP) is 1.35. The van der Waals surface area contributed by atoms with E-state index in [1.54, 1.807) is 13.8 Å². The molecular formula is C18H32ClN5O3S. The highest BCUT2D eigenvalue weighted by molar-refractivity contribution is 7.89. The Kier molecular flexibility index (Phi) is 7.52. The Bertz CT molecular complexity index is 770. The fourth-order valence-corrected chi connectivity index (χ4v) is 5.93. The van der Waals surface area contributed by atoms with Gasteiger partial charge in [-0.1, -0.05) is 6.92 Å². The molecule has 1 aromatic rings. The van der Waals surface area contributed by atoms with Crippen LogP contribution in [0.1, 0.15) is 44.0 Å². The molecule has 0 bridgehead atoms. The molecule has 0 aliphatic carbocycles. The van der Waals surface area contributed by atoms with E-state index in [9.17, 15) is 13.2 Å². The van der Waals surface area contributed by atoms with E-state index in [0.29, 0.717) is 30.9 Å². The third kappa shape index (κ3) is 4.87. The standard InChI is InChI=1S/C18H31N5O3S.ClH/c1-13-16(14(2)22-21-13)27(25,26)23-10-4-5-15(11-23)17(24)20-12-18(3)6-8-19-9-7-18;/h15,19H,4-12H2,1-3H3,(H,20,24)(H,21,22);1H. The number of H-pyrrole nitrogens is 1. The summed E-state index contributed by atoms with van der Waals surface area (Å²) in [5, 5.41) is 13.2. The van der Waals surface area contributed by atoms with E-state index in [2.05, 4.69) is 27.8 Å². The molecule has 10 heteroatoms. The second-order valence-corrected chi connectivity index (χ2v) is 10.1. The van der Waals surface area contributed by atoms with Gasteiger partial charge in [0.25, 0.3) is 0 Å². The molecule has 28 heavy (non-hydrogen) atoms.